The Balaban J connectivity index is 4.26. The Hall–Kier alpha value is -1.59. The van der Waals surface area contributed by atoms with E-state index in [1.54, 1.807) is 0 Å². The zero-order valence-electron chi connectivity index (χ0n) is 40.9. The van der Waals surface area contributed by atoms with Crippen LogP contribution < -0.4 is 0 Å². The van der Waals surface area contributed by atoms with Crippen LogP contribution in [0.15, 0.2) is 0 Å². The lowest BCUT2D eigenvalue weighted by molar-refractivity contribution is -0.167. The second-order valence-electron chi connectivity index (χ2n) is 18.8. The van der Waals surface area contributed by atoms with Crippen molar-refractivity contribution < 1.29 is 28.6 Å². The van der Waals surface area contributed by atoms with Crippen molar-refractivity contribution in [3.63, 3.8) is 0 Å². The van der Waals surface area contributed by atoms with Crippen LogP contribution in [0.2, 0.25) is 0 Å². The Morgan fingerprint density at radius 2 is 0.583 bits per heavy atom. The van der Waals surface area contributed by atoms with Crippen molar-refractivity contribution in [1.82, 2.24) is 0 Å². The van der Waals surface area contributed by atoms with Crippen LogP contribution in [0.1, 0.15) is 304 Å². The Kier molecular flexibility index (Phi) is 47.2. The van der Waals surface area contributed by atoms with Crippen LogP contribution in [0.5, 0.6) is 0 Å². The zero-order chi connectivity index (χ0) is 43.8. The molecule has 0 bridgehead atoms. The molecule has 0 aliphatic carbocycles. The number of rotatable bonds is 49. The number of carbonyl (C=O) groups excluding carboxylic acids is 3. The Morgan fingerprint density at radius 3 is 0.867 bits per heavy atom. The van der Waals surface area contributed by atoms with Gasteiger partial charge in [-0.15, -0.1) is 0 Å². The third kappa shape index (κ3) is 45.9. The Bertz CT molecular complexity index is 905. The Labute approximate surface area is 374 Å². The largest absolute Gasteiger partial charge is 0.462 e. The average Bonchev–Trinajstić information content (AvgIpc) is 3.25. The molecule has 6 nitrogen and oxygen atoms in total. The normalized spacial score (nSPS) is 12.4. The van der Waals surface area contributed by atoms with Crippen molar-refractivity contribution in [2.24, 2.45) is 5.92 Å². The van der Waals surface area contributed by atoms with E-state index in [4.69, 9.17) is 14.2 Å². The van der Waals surface area contributed by atoms with Gasteiger partial charge in [0.05, 0.1) is 0 Å². The maximum Gasteiger partial charge on any atom is 0.306 e. The van der Waals surface area contributed by atoms with Crippen molar-refractivity contribution in [1.29, 1.82) is 0 Å². The molecule has 0 aliphatic heterocycles. The maximum absolute atomic E-state index is 12.8. The van der Waals surface area contributed by atoms with Crippen LogP contribution in [0, 0.1) is 5.92 Å². The standard InChI is InChI=1S/C54H104O6/c1-5-8-10-12-14-16-18-20-22-23-24-25-27-28-30-32-37-41-45-52(55)58-48-51(49-59-53(56)46-42-38-35-34-36-40-44-50(4)7-3)60-54(57)47-43-39-33-31-29-26-21-19-17-15-13-11-9-6-2/h50-51H,5-49H2,1-4H3/t50?,51-/m0/s1. The highest BCUT2D eigenvalue weighted by Gasteiger charge is 2.19. The molecular formula is C54H104O6. The minimum absolute atomic E-state index is 0.0632. The van der Waals surface area contributed by atoms with Gasteiger partial charge in [-0.1, -0.05) is 265 Å². The third-order valence-corrected chi connectivity index (χ3v) is 12.7. The zero-order valence-corrected chi connectivity index (χ0v) is 40.9. The SMILES string of the molecule is CCCCCCCCCCCCCCCCCCCCC(=O)OC[C@@H](COC(=O)CCCCCCCCC(C)CC)OC(=O)CCCCCCCCCCCCCCCC. The van der Waals surface area contributed by atoms with E-state index in [2.05, 4.69) is 27.7 Å². The highest BCUT2D eigenvalue weighted by Crippen LogP contribution is 2.18. The summed E-state index contributed by atoms with van der Waals surface area (Å²) in [6.07, 6.45) is 50.9. The molecule has 1 unspecified atom stereocenters. The van der Waals surface area contributed by atoms with Crippen LogP contribution in [-0.2, 0) is 28.6 Å². The summed E-state index contributed by atoms with van der Waals surface area (Å²) in [6, 6.07) is 0. The molecule has 0 saturated heterocycles. The maximum atomic E-state index is 12.8. The molecule has 0 N–H and O–H groups in total. The molecule has 0 radical (unpaired) electrons. The number of hydrogen-bond acceptors (Lipinski definition) is 6. The molecule has 0 aromatic heterocycles. The van der Waals surface area contributed by atoms with Gasteiger partial charge < -0.3 is 14.2 Å². The number of ether oxygens (including phenoxy) is 3. The summed E-state index contributed by atoms with van der Waals surface area (Å²) in [7, 11) is 0. The molecule has 2 atom stereocenters. The van der Waals surface area contributed by atoms with Crippen LogP contribution in [0.4, 0.5) is 0 Å². The summed E-state index contributed by atoms with van der Waals surface area (Å²) in [4.78, 5) is 37.9. The van der Waals surface area contributed by atoms with Gasteiger partial charge >= 0.3 is 17.9 Å². The van der Waals surface area contributed by atoms with Gasteiger partial charge in [0.15, 0.2) is 6.10 Å². The molecule has 356 valence electrons. The molecular weight excluding hydrogens is 745 g/mol. The second-order valence-corrected chi connectivity index (χ2v) is 18.8. The summed E-state index contributed by atoms with van der Waals surface area (Å²) < 4.78 is 16.8. The molecule has 0 spiro atoms. The predicted octanol–water partition coefficient (Wildman–Crippen LogP) is 17.5. The van der Waals surface area contributed by atoms with E-state index in [1.165, 1.54) is 199 Å². The first-order chi connectivity index (χ1) is 29.4. The lowest BCUT2D eigenvalue weighted by Gasteiger charge is -2.18. The van der Waals surface area contributed by atoms with Crippen molar-refractivity contribution in [2.75, 3.05) is 13.2 Å². The van der Waals surface area contributed by atoms with Crippen molar-refractivity contribution >= 4 is 17.9 Å². The first-order valence-corrected chi connectivity index (χ1v) is 26.9. The molecule has 60 heavy (non-hydrogen) atoms. The van der Waals surface area contributed by atoms with Crippen molar-refractivity contribution in [3.05, 3.63) is 0 Å². The van der Waals surface area contributed by atoms with E-state index in [9.17, 15) is 14.4 Å². The summed E-state index contributed by atoms with van der Waals surface area (Å²) in [5.41, 5.74) is 0. The molecule has 0 aromatic carbocycles. The smallest absolute Gasteiger partial charge is 0.306 e. The first-order valence-electron chi connectivity index (χ1n) is 26.9. The minimum Gasteiger partial charge on any atom is -0.462 e. The van der Waals surface area contributed by atoms with E-state index in [1.807, 2.05) is 0 Å². The van der Waals surface area contributed by atoms with Gasteiger partial charge in [-0.25, -0.2) is 0 Å². The van der Waals surface area contributed by atoms with Gasteiger partial charge in [-0.05, 0) is 25.2 Å². The fourth-order valence-corrected chi connectivity index (χ4v) is 8.19. The monoisotopic (exact) mass is 849 g/mol. The minimum atomic E-state index is -0.761. The molecule has 0 heterocycles. The van der Waals surface area contributed by atoms with Gasteiger partial charge in [0.25, 0.3) is 0 Å². The predicted molar refractivity (Wildman–Crippen MR) is 257 cm³/mol. The summed E-state index contributed by atoms with van der Waals surface area (Å²) in [5.74, 6) is -0.0309. The van der Waals surface area contributed by atoms with E-state index in [-0.39, 0.29) is 31.1 Å². The van der Waals surface area contributed by atoms with Crippen LogP contribution in [0.25, 0.3) is 0 Å². The highest BCUT2D eigenvalue weighted by molar-refractivity contribution is 5.71. The molecule has 6 heteroatoms. The number of esters is 3. The van der Waals surface area contributed by atoms with Gasteiger partial charge in [0.1, 0.15) is 13.2 Å². The van der Waals surface area contributed by atoms with Crippen molar-refractivity contribution in [3.8, 4) is 0 Å². The molecule has 0 aromatic rings. The Morgan fingerprint density at radius 1 is 0.333 bits per heavy atom. The molecule has 0 rings (SSSR count). The van der Waals surface area contributed by atoms with E-state index in [0.717, 1.165) is 63.7 Å². The van der Waals surface area contributed by atoms with Crippen LogP contribution >= 0.6 is 0 Å². The number of hydrogen-bond donors (Lipinski definition) is 0. The molecule has 0 saturated carbocycles. The molecule has 0 aliphatic rings. The van der Waals surface area contributed by atoms with Gasteiger partial charge in [0, 0.05) is 19.3 Å². The van der Waals surface area contributed by atoms with Gasteiger partial charge in [0.2, 0.25) is 0 Å². The van der Waals surface area contributed by atoms with Crippen molar-refractivity contribution in [2.45, 2.75) is 310 Å². The van der Waals surface area contributed by atoms with E-state index in [0.29, 0.717) is 19.3 Å². The third-order valence-electron chi connectivity index (χ3n) is 12.7. The average molecular weight is 849 g/mol. The van der Waals surface area contributed by atoms with E-state index < -0.39 is 6.10 Å². The lowest BCUT2D eigenvalue weighted by atomic mass is 10.00. The van der Waals surface area contributed by atoms with E-state index >= 15 is 0 Å². The number of unbranched alkanes of at least 4 members (excludes halogenated alkanes) is 35. The topological polar surface area (TPSA) is 78.9 Å². The highest BCUT2D eigenvalue weighted by atomic mass is 16.6. The fraction of sp³-hybridized carbons (Fsp3) is 0.944. The summed E-state index contributed by atoms with van der Waals surface area (Å²) >= 11 is 0. The first kappa shape index (κ1) is 58.4. The fourth-order valence-electron chi connectivity index (χ4n) is 8.19. The quantitative estimate of drug-likeness (QED) is 0.0345. The summed E-state index contributed by atoms with van der Waals surface area (Å²) in [5, 5.41) is 0. The van der Waals surface area contributed by atoms with Gasteiger partial charge in [-0.2, -0.15) is 0 Å². The lowest BCUT2D eigenvalue weighted by Crippen LogP contribution is -2.30. The molecule has 0 fully saturated rings. The van der Waals surface area contributed by atoms with Crippen LogP contribution in [-0.4, -0.2) is 37.2 Å². The van der Waals surface area contributed by atoms with Gasteiger partial charge in [-0.3, -0.25) is 14.4 Å². The number of carbonyl (C=O) groups is 3. The summed E-state index contributed by atoms with van der Waals surface area (Å²) in [6.45, 7) is 9.01. The second kappa shape index (κ2) is 48.4. The van der Waals surface area contributed by atoms with Crippen LogP contribution in [0.3, 0.4) is 0 Å². The molecule has 0 amide bonds.